The highest BCUT2D eigenvalue weighted by atomic mass is 16.5. The molecule has 0 spiro atoms. The second-order valence-corrected chi connectivity index (χ2v) is 7.57. The van der Waals surface area contributed by atoms with Crippen molar-refractivity contribution < 1.29 is 9.53 Å². The van der Waals surface area contributed by atoms with Gasteiger partial charge in [-0.25, -0.2) is 14.8 Å². The van der Waals surface area contributed by atoms with Crippen molar-refractivity contribution in [1.29, 1.82) is 0 Å². The summed E-state index contributed by atoms with van der Waals surface area (Å²) in [5.74, 6) is 0.872. The number of rotatable bonds is 4. The quantitative estimate of drug-likeness (QED) is 0.790. The summed E-state index contributed by atoms with van der Waals surface area (Å²) in [4.78, 5) is 28.2. The maximum atomic E-state index is 13.3. The zero-order chi connectivity index (χ0) is 21.1. The molecular formula is C22H31N5O2. The predicted octanol–water partition coefficient (Wildman–Crippen LogP) is 3.49. The van der Waals surface area contributed by atoms with Crippen LogP contribution in [0.2, 0.25) is 0 Å². The Morgan fingerprint density at radius 2 is 1.59 bits per heavy atom. The molecule has 1 aliphatic heterocycles. The Balaban J connectivity index is 1.75. The molecule has 1 aromatic heterocycles. The van der Waals surface area contributed by atoms with Gasteiger partial charge >= 0.3 is 6.03 Å². The molecule has 7 heteroatoms. The summed E-state index contributed by atoms with van der Waals surface area (Å²) in [5.41, 5.74) is 5.35. The zero-order valence-electron chi connectivity index (χ0n) is 18.3. The lowest BCUT2D eigenvalue weighted by atomic mass is 10.1. The van der Waals surface area contributed by atoms with Crippen molar-refractivity contribution >= 4 is 17.5 Å². The summed E-state index contributed by atoms with van der Waals surface area (Å²) in [6.45, 7) is 13.4. The van der Waals surface area contributed by atoms with E-state index in [-0.39, 0.29) is 6.03 Å². The minimum Gasteiger partial charge on any atom is -0.478 e. The van der Waals surface area contributed by atoms with Crippen LogP contribution >= 0.6 is 0 Å². The Bertz CT molecular complexity index is 871. The molecule has 1 saturated heterocycles. The number of carbonyl (C=O) groups is 1. The van der Waals surface area contributed by atoms with Crippen LogP contribution < -0.4 is 14.5 Å². The van der Waals surface area contributed by atoms with Gasteiger partial charge in [-0.2, -0.15) is 0 Å². The van der Waals surface area contributed by atoms with E-state index in [9.17, 15) is 4.79 Å². The highest BCUT2D eigenvalue weighted by Gasteiger charge is 2.29. The molecule has 1 fully saturated rings. The number of anilines is 2. The third-order valence-electron chi connectivity index (χ3n) is 5.38. The van der Waals surface area contributed by atoms with Crippen molar-refractivity contribution in [2.24, 2.45) is 0 Å². The van der Waals surface area contributed by atoms with E-state index in [4.69, 9.17) is 4.74 Å². The first-order valence-corrected chi connectivity index (χ1v) is 10.1. The summed E-state index contributed by atoms with van der Waals surface area (Å²) >= 11 is 0. The fraction of sp³-hybridized carbons (Fsp3) is 0.500. The smallest absolute Gasteiger partial charge is 0.325 e. The van der Waals surface area contributed by atoms with E-state index in [1.54, 1.807) is 12.0 Å². The fourth-order valence-corrected chi connectivity index (χ4v) is 3.72. The monoisotopic (exact) mass is 397 g/mol. The molecule has 156 valence electrons. The van der Waals surface area contributed by atoms with Crippen LogP contribution in [-0.2, 0) is 0 Å². The minimum absolute atomic E-state index is 0.0524. The molecule has 0 N–H and O–H groups in total. The standard InChI is InChI=1S/C22H31N5O2/c1-7-27(20-21(29-6)24-18(5)17(4)23-20)22(28)26-10-8-25(9-11-26)19-13-15(2)12-16(3)14-19/h12-14H,7-11H2,1-6H3. The van der Waals surface area contributed by atoms with E-state index in [2.05, 4.69) is 46.9 Å². The number of ether oxygens (including phenoxy) is 1. The van der Waals surface area contributed by atoms with Crippen molar-refractivity contribution in [1.82, 2.24) is 14.9 Å². The number of aryl methyl sites for hydroxylation is 4. The van der Waals surface area contributed by atoms with Gasteiger partial charge in [0.25, 0.3) is 5.88 Å². The normalized spacial score (nSPS) is 14.1. The van der Waals surface area contributed by atoms with Crippen molar-refractivity contribution in [3.05, 3.63) is 40.7 Å². The largest absolute Gasteiger partial charge is 0.478 e. The molecule has 0 bridgehead atoms. The molecule has 0 saturated carbocycles. The minimum atomic E-state index is -0.0524. The van der Waals surface area contributed by atoms with Crippen LogP contribution in [0.5, 0.6) is 5.88 Å². The van der Waals surface area contributed by atoms with Gasteiger partial charge in [0.15, 0.2) is 0 Å². The van der Waals surface area contributed by atoms with E-state index in [1.807, 2.05) is 25.7 Å². The van der Waals surface area contributed by atoms with E-state index in [1.165, 1.54) is 16.8 Å². The number of nitrogens with zero attached hydrogens (tertiary/aromatic N) is 5. The van der Waals surface area contributed by atoms with Crippen molar-refractivity contribution in [2.75, 3.05) is 49.6 Å². The number of piperazine rings is 1. The summed E-state index contributed by atoms with van der Waals surface area (Å²) in [6.07, 6.45) is 0. The molecule has 2 aromatic rings. The van der Waals surface area contributed by atoms with Gasteiger partial charge in [0.1, 0.15) is 0 Å². The predicted molar refractivity (Wildman–Crippen MR) is 116 cm³/mol. The van der Waals surface area contributed by atoms with E-state index in [0.29, 0.717) is 31.3 Å². The first kappa shape index (κ1) is 20.9. The van der Waals surface area contributed by atoms with Crippen molar-refractivity contribution in [2.45, 2.75) is 34.6 Å². The first-order chi connectivity index (χ1) is 13.8. The Labute approximate surface area is 173 Å². The van der Waals surface area contributed by atoms with Gasteiger partial charge in [0.2, 0.25) is 5.82 Å². The zero-order valence-corrected chi connectivity index (χ0v) is 18.3. The average Bonchev–Trinajstić information content (AvgIpc) is 2.70. The van der Waals surface area contributed by atoms with Gasteiger partial charge in [-0.1, -0.05) is 6.07 Å². The average molecular weight is 398 g/mol. The second-order valence-electron chi connectivity index (χ2n) is 7.57. The molecule has 3 rings (SSSR count). The van der Waals surface area contributed by atoms with Gasteiger partial charge in [-0.3, -0.25) is 4.90 Å². The number of aromatic nitrogens is 2. The number of carbonyl (C=O) groups excluding carboxylic acids is 1. The molecule has 2 amide bonds. The second kappa shape index (κ2) is 8.68. The first-order valence-electron chi connectivity index (χ1n) is 10.1. The number of amides is 2. The van der Waals surface area contributed by atoms with Gasteiger partial charge in [0.05, 0.1) is 18.5 Å². The number of benzene rings is 1. The van der Waals surface area contributed by atoms with E-state index >= 15 is 0 Å². The molecular weight excluding hydrogens is 366 g/mol. The molecule has 1 aliphatic rings. The van der Waals surface area contributed by atoms with Gasteiger partial charge in [0, 0.05) is 38.4 Å². The Morgan fingerprint density at radius 1 is 1.00 bits per heavy atom. The molecule has 0 radical (unpaired) electrons. The maximum absolute atomic E-state index is 13.3. The highest BCUT2D eigenvalue weighted by molar-refractivity contribution is 5.92. The lowest BCUT2D eigenvalue weighted by Crippen LogP contribution is -2.53. The van der Waals surface area contributed by atoms with Crippen LogP contribution in [0.1, 0.15) is 29.4 Å². The molecule has 0 aliphatic carbocycles. The Kier molecular flexibility index (Phi) is 6.25. The van der Waals surface area contributed by atoms with Crippen molar-refractivity contribution in [3.63, 3.8) is 0 Å². The van der Waals surface area contributed by atoms with E-state index in [0.717, 1.165) is 24.5 Å². The van der Waals surface area contributed by atoms with Gasteiger partial charge < -0.3 is 14.5 Å². The van der Waals surface area contributed by atoms with Crippen LogP contribution in [0.25, 0.3) is 0 Å². The molecule has 1 aromatic carbocycles. The Morgan fingerprint density at radius 3 is 2.14 bits per heavy atom. The summed E-state index contributed by atoms with van der Waals surface area (Å²) in [7, 11) is 1.56. The SMILES string of the molecule is CCN(C(=O)N1CCN(c2cc(C)cc(C)c2)CC1)c1nc(C)c(C)nc1OC. The topological polar surface area (TPSA) is 61.8 Å². The van der Waals surface area contributed by atoms with Gasteiger partial charge in [-0.05, 0) is 57.9 Å². The lowest BCUT2D eigenvalue weighted by molar-refractivity contribution is 0.201. The number of hydrogen-bond acceptors (Lipinski definition) is 5. The molecule has 0 unspecified atom stereocenters. The molecule has 29 heavy (non-hydrogen) atoms. The van der Waals surface area contributed by atoms with Crippen LogP contribution in [0.4, 0.5) is 16.3 Å². The molecule has 0 atom stereocenters. The number of urea groups is 1. The van der Waals surface area contributed by atoms with E-state index < -0.39 is 0 Å². The number of methoxy groups -OCH3 is 1. The van der Waals surface area contributed by atoms with Gasteiger partial charge in [-0.15, -0.1) is 0 Å². The fourth-order valence-electron chi connectivity index (χ4n) is 3.72. The lowest BCUT2D eigenvalue weighted by Gasteiger charge is -2.38. The molecule has 7 nitrogen and oxygen atoms in total. The Hall–Kier alpha value is -2.83. The maximum Gasteiger partial charge on any atom is 0.325 e. The third kappa shape index (κ3) is 4.44. The molecule has 2 heterocycles. The van der Waals surface area contributed by atoms with Crippen LogP contribution in [0, 0.1) is 27.7 Å². The summed E-state index contributed by atoms with van der Waals surface area (Å²) in [5, 5.41) is 0. The van der Waals surface area contributed by atoms with Crippen molar-refractivity contribution in [3.8, 4) is 5.88 Å². The van der Waals surface area contributed by atoms with Crippen LogP contribution in [0.3, 0.4) is 0 Å². The third-order valence-corrected chi connectivity index (χ3v) is 5.38. The van der Waals surface area contributed by atoms with Crippen LogP contribution in [0.15, 0.2) is 18.2 Å². The summed E-state index contributed by atoms with van der Waals surface area (Å²) in [6, 6.07) is 6.54. The summed E-state index contributed by atoms with van der Waals surface area (Å²) < 4.78 is 5.40. The number of hydrogen-bond donors (Lipinski definition) is 0. The highest BCUT2D eigenvalue weighted by Crippen LogP contribution is 2.27. The van der Waals surface area contributed by atoms with Crippen LogP contribution in [-0.4, -0.2) is 60.7 Å².